The molecule has 3 amide bonds. The molecule has 0 radical (unpaired) electrons. The fourth-order valence-corrected chi connectivity index (χ4v) is 6.05. The van der Waals surface area contributed by atoms with E-state index in [1.165, 1.54) is 26.2 Å². The van der Waals surface area contributed by atoms with Crippen LogP contribution in [0.1, 0.15) is 87.0 Å². The second-order valence-corrected chi connectivity index (χ2v) is 9.85. The number of aromatic nitrogens is 1. The van der Waals surface area contributed by atoms with Crippen molar-refractivity contribution in [2.75, 3.05) is 0 Å². The molecule has 30 heavy (non-hydrogen) atoms. The molecule has 1 heterocycles. The van der Waals surface area contributed by atoms with Gasteiger partial charge in [-0.3, -0.25) is 10.1 Å². The number of rotatable bonds is 5. The number of nitrogens with zero attached hydrogens (tertiary/aromatic N) is 1. The van der Waals surface area contributed by atoms with Gasteiger partial charge in [-0.1, -0.05) is 19.0 Å². The van der Waals surface area contributed by atoms with Crippen molar-refractivity contribution >= 4 is 17.9 Å². The van der Waals surface area contributed by atoms with Gasteiger partial charge in [-0.15, -0.1) is 0 Å². The number of carbonyl (C=O) groups is 3. The summed E-state index contributed by atoms with van der Waals surface area (Å²) in [6, 6.07) is -0.506. The highest BCUT2D eigenvalue weighted by Gasteiger charge is 2.51. The molecule has 8 heteroatoms. The summed E-state index contributed by atoms with van der Waals surface area (Å²) in [6.07, 6.45) is 5.69. The molecule has 0 aliphatic heterocycles. The Hall–Kier alpha value is -2.38. The molecule has 4 aliphatic carbocycles. The number of hydrogen-bond donors (Lipinski definition) is 2. The molecule has 2 N–H and O–H groups in total. The van der Waals surface area contributed by atoms with Gasteiger partial charge in [0, 0.05) is 11.5 Å². The van der Waals surface area contributed by atoms with Crippen LogP contribution < -0.4 is 10.6 Å². The van der Waals surface area contributed by atoms with Crippen molar-refractivity contribution in [2.45, 2.75) is 83.8 Å². The first-order valence-electron chi connectivity index (χ1n) is 11.0. The molecule has 0 aromatic carbocycles. The van der Waals surface area contributed by atoms with Gasteiger partial charge in [0.1, 0.15) is 5.56 Å². The third-order valence-corrected chi connectivity index (χ3v) is 6.92. The van der Waals surface area contributed by atoms with Crippen LogP contribution in [0.3, 0.4) is 0 Å². The van der Waals surface area contributed by atoms with Crippen LogP contribution in [0.15, 0.2) is 4.52 Å². The first-order valence-corrected chi connectivity index (χ1v) is 11.0. The highest BCUT2D eigenvalue weighted by atomic mass is 16.5. The lowest BCUT2D eigenvalue weighted by molar-refractivity contribution is -0.128. The van der Waals surface area contributed by atoms with Crippen molar-refractivity contribution in [2.24, 2.45) is 17.8 Å². The van der Waals surface area contributed by atoms with Gasteiger partial charge in [-0.2, -0.15) is 0 Å². The molecule has 1 aromatic heterocycles. The highest BCUT2D eigenvalue weighted by molar-refractivity contribution is 5.99. The predicted molar refractivity (Wildman–Crippen MR) is 108 cm³/mol. The minimum Gasteiger partial charge on any atom is -0.449 e. The minimum absolute atomic E-state index is 0.0519. The molecule has 1 aromatic rings. The van der Waals surface area contributed by atoms with Crippen molar-refractivity contribution in [1.82, 2.24) is 15.8 Å². The normalized spacial score (nSPS) is 30.2. The van der Waals surface area contributed by atoms with E-state index < -0.39 is 24.0 Å². The van der Waals surface area contributed by atoms with Crippen LogP contribution in [0.2, 0.25) is 0 Å². The molecule has 1 atom stereocenters. The number of ether oxygens (including phenoxy) is 1. The van der Waals surface area contributed by atoms with Gasteiger partial charge in [0.15, 0.2) is 11.9 Å². The first-order chi connectivity index (χ1) is 14.2. The molecule has 0 saturated heterocycles. The van der Waals surface area contributed by atoms with Crippen molar-refractivity contribution in [3.8, 4) is 0 Å². The predicted octanol–water partition coefficient (Wildman–Crippen LogP) is 3.45. The minimum atomic E-state index is -1.12. The lowest BCUT2D eigenvalue weighted by Crippen LogP contribution is -2.62. The Morgan fingerprint density at radius 1 is 1.07 bits per heavy atom. The molecule has 5 rings (SSSR count). The van der Waals surface area contributed by atoms with Crippen LogP contribution in [0.5, 0.6) is 0 Å². The number of aryl methyl sites for hydroxylation is 1. The Morgan fingerprint density at radius 2 is 1.63 bits per heavy atom. The van der Waals surface area contributed by atoms with Crippen molar-refractivity contribution in [1.29, 1.82) is 0 Å². The van der Waals surface area contributed by atoms with E-state index in [9.17, 15) is 14.4 Å². The number of esters is 1. The van der Waals surface area contributed by atoms with Crippen LogP contribution >= 0.6 is 0 Å². The Kier molecular flexibility index (Phi) is 5.36. The molecule has 0 unspecified atom stereocenters. The zero-order valence-corrected chi connectivity index (χ0v) is 18.1. The SMILES string of the molecule is Cc1noc(C(C)C)c1C(=O)O[C@H](C)C(=O)NC(=O)NC12CC3CC(CC(C3)C1)C2. The maximum absolute atomic E-state index is 12.5. The number of hydrogen-bond acceptors (Lipinski definition) is 6. The average Bonchev–Trinajstić information content (AvgIpc) is 3.01. The Labute approximate surface area is 176 Å². The Morgan fingerprint density at radius 3 is 2.17 bits per heavy atom. The average molecular weight is 418 g/mol. The van der Waals surface area contributed by atoms with Crippen LogP contribution in [-0.2, 0) is 9.53 Å². The van der Waals surface area contributed by atoms with E-state index in [1.807, 2.05) is 13.8 Å². The third kappa shape index (κ3) is 3.96. The summed E-state index contributed by atoms with van der Waals surface area (Å²) in [4.78, 5) is 37.6. The van der Waals surface area contributed by atoms with Gasteiger partial charge < -0.3 is 14.6 Å². The lowest BCUT2D eigenvalue weighted by atomic mass is 9.53. The lowest BCUT2D eigenvalue weighted by Gasteiger charge is -2.56. The topological polar surface area (TPSA) is 111 Å². The summed E-state index contributed by atoms with van der Waals surface area (Å²) >= 11 is 0. The summed E-state index contributed by atoms with van der Waals surface area (Å²) in [6.45, 7) is 6.85. The van der Waals surface area contributed by atoms with E-state index in [-0.39, 0.29) is 17.0 Å². The number of carbonyl (C=O) groups excluding carboxylic acids is 3. The van der Waals surface area contributed by atoms with Crippen LogP contribution in [0.4, 0.5) is 4.79 Å². The van der Waals surface area contributed by atoms with Crippen molar-refractivity contribution in [3.05, 3.63) is 17.0 Å². The zero-order valence-electron chi connectivity index (χ0n) is 18.1. The van der Waals surface area contributed by atoms with E-state index in [0.717, 1.165) is 19.3 Å². The van der Waals surface area contributed by atoms with Crippen molar-refractivity contribution in [3.63, 3.8) is 0 Å². The second kappa shape index (κ2) is 7.71. The van der Waals surface area contributed by atoms with E-state index in [4.69, 9.17) is 9.26 Å². The molecule has 4 aliphatic rings. The monoisotopic (exact) mass is 417 g/mol. The summed E-state index contributed by atoms with van der Waals surface area (Å²) in [5, 5.41) is 9.26. The van der Waals surface area contributed by atoms with Gasteiger partial charge in [0.2, 0.25) is 0 Å². The molecule has 164 valence electrons. The largest absolute Gasteiger partial charge is 0.449 e. The first kappa shape index (κ1) is 20.9. The maximum Gasteiger partial charge on any atom is 0.344 e. The quantitative estimate of drug-likeness (QED) is 0.710. The standard InChI is InChI=1S/C22H31N3O5/c1-11(2)18-17(12(3)25-30-18)20(27)29-13(4)19(26)23-21(28)24-22-8-14-5-15(9-22)7-16(6-14)10-22/h11,13-16H,5-10H2,1-4H3,(H2,23,24,26,28)/t13-,14?,15?,16?,22?/m1/s1. The number of urea groups is 1. The molecular formula is C22H31N3O5. The van der Waals surface area contributed by atoms with E-state index in [2.05, 4.69) is 15.8 Å². The molecular weight excluding hydrogens is 386 g/mol. The van der Waals surface area contributed by atoms with Gasteiger partial charge in [0.05, 0.1) is 5.69 Å². The summed E-state index contributed by atoms with van der Waals surface area (Å²) < 4.78 is 10.5. The highest BCUT2D eigenvalue weighted by Crippen LogP contribution is 2.55. The van der Waals surface area contributed by atoms with Gasteiger partial charge in [0.25, 0.3) is 5.91 Å². The van der Waals surface area contributed by atoms with Crippen LogP contribution in [0, 0.1) is 24.7 Å². The smallest absolute Gasteiger partial charge is 0.344 e. The molecule has 4 saturated carbocycles. The zero-order chi connectivity index (χ0) is 21.6. The van der Waals surface area contributed by atoms with E-state index >= 15 is 0 Å². The molecule has 4 bridgehead atoms. The van der Waals surface area contributed by atoms with Gasteiger partial charge >= 0.3 is 12.0 Å². The fraction of sp³-hybridized carbons (Fsp3) is 0.727. The molecule has 0 spiro atoms. The fourth-order valence-electron chi connectivity index (χ4n) is 6.05. The van der Waals surface area contributed by atoms with E-state index in [0.29, 0.717) is 29.2 Å². The number of amides is 3. The van der Waals surface area contributed by atoms with Gasteiger partial charge in [-0.05, 0) is 70.1 Å². The molecule has 8 nitrogen and oxygen atoms in total. The third-order valence-electron chi connectivity index (χ3n) is 6.92. The Bertz CT molecular complexity index is 824. The number of nitrogens with one attached hydrogen (secondary N) is 2. The second-order valence-electron chi connectivity index (χ2n) is 9.85. The summed E-state index contributed by atoms with van der Waals surface area (Å²) in [7, 11) is 0. The van der Waals surface area contributed by atoms with Gasteiger partial charge in [-0.25, -0.2) is 9.59 Å². The summed E-state index contributed by atoms with van der Waals surface area (Å²) in [5.41, 5.74) is 0.462. The number of imide groups is 1. The maximum atomic E-state index is 12.5. The Balaban J connectivity index is 1.33. The van der Waals surface area contributed by atoms with Crippen LogP contribution in [-0.4, -0.2) is 34.7 Å². The van der Waals surface area contributed by atoms with Crippen LogP contribution in [0.25, 0.3) is 0 Å². The van der Waals surface area contributed by atoms with Crippen molar-refractivity contribution < 1.29 is 23.6 Å². The summed E-state index contributed by atoms with van der Waals surface area (Å²) in [5.74, 6) is 1.11. The molecule has 4 fully saturated rings. The van der Waals surface area contributed by atoms with E-state index in [1.54, 1.807) is 6.92 Å².